The van der Waals surface area contributed by atoms with Gasteiger partial charge in [-0.15, -0.1) is 0 Å². The molecule has 8 heteroatoms. The van der Waals surface area contributed by atoms with Gasteiger partial charge in [0.2, 0.25) is 0 Å². The van der Waals surface area contributed by atoms with Crippen molar-refractivity contribution in [3.05, 3.63) is 101 Å². The topological polar surface area (TPSA) is 77.8 Å². The Kier molecular flexibility index (Phi) is 7.84. The molecule has 1 aliphatic rings. The minimum absolute atomic E-state index is 0.110. The van der Waals surface area contributed by atoms with Gasteiger partial charge in [-0.2, -0.15) is 0 Å². The molecule has 0 atom stereocenters. The third-order valence-electron chi connectivity index (χ3n) is 6.17. The van der Waals surface area contributed by atoms with Crippen LogP contribution in [-0.4, -0.2) is 45.7 Å². The number of fused-ring (bicyclic) bond motifs is 1. The van der Waals surface area contributed by atoms with Crippen molar-refractivity contribution in [1.82, 2.24) is 9.47 Å². The number of ketones is 1. The Morgan fingerprint density at radius 2 is 1.62 bits per heavy atom. The van der Waals surface area contributed by atoms with Gasteiger partial charge in [0, 0.05) is 28.2 Å². The fourth-order valence-electron chi connectivity index (χ4n) is 4.36. The Labute approximate surface area is 231 Å². The third-order valence-corrected chi connectivity index (χ3v) is 7.08. The fraction of sp³-hybridized carbons (Fsp3) is 0.194. The number of thioether (sulfide) groups is 1. The molecule has 2 heterocycles. The molecule has 3 aromatic carbocycles. The lowest BCUT2D eigenvalue weighted by atomic mass is 10.1. The standard InChI is InChI=1S/C31H28N2O5S/c1-21(2)38-25-14-12-24(13-15-25)37-17-16-32-19-23(26-10-6-7-11-27(26)32)18-29-30(35)33(31(36)39-29)20-28(34)22-8-4-3-5-9-22/h3-15,18-19,21H,16-17,20H2,1-2H3/b29-18-. The van der Waals surface area contributed by atoms with Gasteiger partial charge in [-0.3, -0.25) is 19.3 Å². The molecule has 0 radical (unpaired) electrons. The highest BCUT2D eigenvalue weighted by Crippen LogP contribution is 2.34. The Balaban J connectivity index is 1.29. The molecule has 1 aromatic heterocycles. The molecular formula is C31H28N2O5S. The molecule has 198 valence electrons. The third kappa shape index (κ3) is 6.07. The number of aromatic nitrogens is 1. The largest absolute Gasteiger partial charge is 0.492 e. The van der Waals surface area contributed by atoms with Gasteiger partial charge >= 0.3 is 0 Å². The molecule has 0 N–H and O–H groups in total. The first kappa shape index (κ1) is 26.3. The van der Waals surface area contributed by atoms with Gasteiger partial charge < -0.3 is 14.0 Å². The number of rotatable bonds is 10. The normalized spacial score (nSPS) is 14.5. The molecule has 7 nitrogen and oxygen atoms in total. The number of amides is 2. The summed E-state index contributed by atoms with van der Waals surface area (Å²) in [6.45, 7) is 4.72. The highest BCUT2D eigenvalue weighted by Gasteiger charge is 2.36. The zero-order valence-corrected chi connectivity index (χ0v) is 22.5. The van der Waals surface area contributed by atoms with E-state index in [-0.39, 0.29) is 18.4 Å². The van der Waals surface area contributed by atoms with E-state index in [4.69, 9.17) is 9.47 Å². The molecule has 5 rings (SSSR count). The van der Waals surface area contributed by atoms with Crippen LogP contribution in [0, 0.1) is 0 Å². The number of benzene rings is 3. The van der Waals surface area contributed by atoms with E-state index in [1.807, 2.05) is 74.6 Å². The van der Waals surface area contributed by atoms with Crippen molar-refractivity contribution < 1.29 is 23.9 Å². The van der Waals surface area contributed by atoms with Crippen molar-refractivity contribution in [2.24, 2.45) is 0 Å². The molecule has 39 heavy (non-hydrogen) atoms. The molecule has 1 fully saturated rings. The van der Waals surface area contributed by atoms with Crippen LogP contribution in [0.5, 0.6) is 11.5 Å². The van der Waals surface area contributed by atoms with Gasteiger partial charge in [0.1, 0.15) is 18.1 Å². The maximum atomic E-state index is 13.1. The van der Waals surface area contributed by atoms with E-state index in [9.17, 15) is 14.4 Å². The van der Waals surface area contributed by atoms with Gasteiger partial charge in [0.25, 0.3) is 11.1 Å². The molecule has 1 saturated heterocycles. The number of ether oxygens (including phenoxy) is 2. The second-order valence-electron chi connectivity index (χ2n) is 9.34. The summed E-state index contributed by atoms with van der Waals surface area (Å²) in [5.74, 6) is 0.811. The van der Waals surface area contributed by atoms with Crippen LogP contribution in [0.2, 0.25) is 0 Å². The van der Waals surface area contributed by atoms with Crippen molar-refractivity contribution >= 4 is 45.7 Å². The molecule has 0 aliphatic carbocycles. The zero-order chi connectivity index (χ0) is 27.4. The summed E-state index contributed by atoms with van der Waals surface area (Å²) in [5, 5.41) is 0.511. The lowest BCUT2D eigenvalue weighted by Gasteiger charge is -2.11. The van der Waals surface area contributed by atoms with Gasteiger partial charge in [0.05, 0.1) is 24.1 Å². The highest BCUT2D eigenvalue weighted by molar-refractivity contribution is 8.18. The second kappa shape index (κ2) is 11.6. The average Bonchev–Trinajstić information content (AvgIpc) is 3.41. The van der Waals surface area contributed by atoms with Gasteiger partial charge in [-0.05, 0) is 62.0 Å². The smallest absolute Gasteiger partial charge is 0.293 e. The molecule has 2 amide bonds. The second-order valence-corrected chi connectivity index (χ2v) is 10.3. The van der Waals surface area contributed by atoms with Gasteiger partial charge in [-0.25, -0.2) is 0 Å². The van der Waals surface area contributed by atoms with Crippen LogP contribution in [0.4, 0.5) is 4.79 Å². The molecule has 0 bridgehead atoms. The number of imide groups is 1. The van der Waals surface area contributed by atoms with E-state index >= 15 is 0 Å². The Bertz CT molecular complexity index is 1540. The zero-order valence-electron chi connectivity index (χ0n) is 21.7. The van der Waals surface area contributed by atoms with Crippen molar-refractivity contribution in [2.75, 3.05) is 13.2 Å². The molecule has 0 saturated carbocycles. The van der Waals surface area contributed by atoms with Gasteiger partial charge in [0.15, 0.2) is 5.78 Å². The Morgan fingerprint density at radius 3 is 2.36 bits per heavy atom. The first-order chi connectivity index (χ1) is 18.9. The number of hydrogen-bond donors (Lipinski definition) is 0. The van der Waals surface area contributed by atoms with E-state index in [1.165, 1.54) is 0 Å². The molecule has 0 unspecified atom stereocenters. The van der Waals surface area contributed by atoms with E-state index < -0.39 is 11.1 Å². The minimum Gasteiger partial charge on any atom is -0.492 e. The van der Waals surface area contributed by atoms with Crippen molar-refractivity contribution in [2.45, 2.75) is 26.5 Å². The summed E-state index contributed by atoms with van der Waals surface area (Å²) in [6, 6.07) is 24.1. The number of para-hydroxylation sites is 1. The van der Waals surface area contributed by atoms with Crippen LogP contribution in [0.1, 0.15) is 29.8 Å². The predicted molar refractivity (Wildman–Crippen MR) is 153 cm³/mol. The lowest BCUT2D eigenvalue weighted by Crippen LogP contribution is -2.33. The molecule has 0 spiro atoms. The highest BCUT2D eigenvalue weighted by atomic mass is 32.2. The number of carbonyl (C=O) groups excluding carboxylic acids is 3. The molecule has 1 aliphatic heterocycles. The van der Waals surface area contributed by atoms with E-state index in [0.29, 0.717) is 23.6 Å². The number of hydrogen-bond acceptors (Lipinski definition) is 6. The monoisotopic (exact) mass is 540 g/mol. The summed E-state index contributed by atoms with van der Waals surface area (Å²) in [6.07, 6.45) is 3.79. The Morgan fingerprint density at radius 1 is 0.923 bits per heavy atom. The van der Waals surface area contributed by atoms with E-state index in [0.717, 1.165) is 44.6 Å². The van der Waals surface area contributed by atoms with Gasteiger partial charge in [-0.1, -0.05) is 48.5 Å². The van der Waals surface area contributed by atoms with Crippen LogP contribution in [0.25, 0.3) is 17.0 Å². The summed E-state index contributed by atoms with van der Waals surface area (Å²) in [7, 11) is 0. The number of Topliss-reactive ketones (excluding diaryl/α,β-unsaturated/α-hetero) is 1. The summed E-state index contributed by atoms with van der Waals surface area (Å²) < 4.78 is 13.7. The van der Waals surface area contributed by atoms with Crippen LogP contribution in [-0.2, 0) is 11.3 Å². The maximum Gasteiger partial charge on any atom is 0.293 e. The molecular weight excluding hydrogens is 512 g/mol. The summed E-state index contributed by atoms with van der Waals surface area (Å²) in [4.78, 5) is 39.6. The first-order valence-corrected chi connectivity index (χ1v) is 13.5. The van der Waals surface area contributed by atoms with Crippen LogP contribution in [0.3, 0.4) is 0 Å². The van der Waals surface area contributed by atoms with Crippen LogP contribution >= 0.6 is 11.8 Å². The SMILES string of the molecule is CC(C)Oc1ccc(OCCn2cc(/C=C3\SC(=O)N(CC(=O)c4ccccc4)C3=O)c3ccccc32)cc1. The average molecular weight is 541 g/mol. The van der Waals surface area contributed by atoms with E-state index in [2.05, 4.69) is 4.57 Å². The quantitative estimate of drug-likeness (QED) is 0.170. The maximum absolute atomic E-state index is 13.1. The van der Waals surface area contributed by atoms with Crippen LogP contribution < -0.4 is 9.47 Å². The summed E-state index contributed by atoms with van der Waals surface area (Å²) in [5.41, 5.74) is 2.28. The first-order valence-electron chi connectivity index (χ1n) is 12.7. The van der Waals surface area contributed by atoms with Crippen molar-refractivity contribution in [1.29, 1.82) is 0 Å². The Hall–Kier alpha value is -4.30. The fourth-order valence-corrected chi connectivity index (χ4v) is 5.19. The van der Waals surface area contributed by atoms with Crippen molar-refractivity contribution in [3.8, 4) is 11.5 Å². The van der Waals surface area contributed by atoms with E-state index in [1.54, 1.807) is 30.3 Å². The number of nitrogens with zero attached hydrogens (tertiary/aromatic N) is 2. The molecule has 4 aromatic rings. The summed E-state index contributed by atoms with van der Waals surface area (Å²) >= 11 is 0.854. The lowest BCUT2D eigenvalue weighted by molar-refractivity contribution is -0.122. The predicted octanol–water partition coefficient (Wildman–Crippen LogP) is 6.43. The number of carbonyl (C=O) groups is 3. The van der Waals surface area contributed by atoms with Crippen molar-refractivity contribution in [3.63, 3.8) is 0 Å². The minimum atomic E-state index is -0.459. The van der Waals surface area contributed by atoms with Crippen LogP contribution in [0.15, 0.2) is 90.0 Å².